The number of benzene rings is 3. The van der Waals surface area contributed by atoms with Gasteiger partial charge in [0.25, 0.3) is 5.56 Å². The van der Waals surface area contributed by atoms with Crippen LogP contribution in [0.25, 0.3) is 33.8 Å². The molecule has 0 atom stereocenters. The first kappa shape index (κ1) is 18.3. The van der Waals surface area contributed by atoms with Crippen LogP contribution in [-0.4, -0.2) is 19.3 Å². The van der Waals surface area contributed by atoms with E-state index in [4.69, 9.17) is 16.6 Å². The van der Waals surface area contributed by atoms with Crippen LogP contribution in [0.5, 0.6) is 0 Å². The second kappa shape index (κ2) is 7.28. The second-order valence-corrected chi connectivity index (χ2v) is 7.45. The fourth-order valence-corrected chi connectivity index (χ4v) is 3.72. The van der Waals surface area contributed by atoms with Gasteiger partial charge in [-0.15, -0.1) is 5.10 Å². The van der Waals surface area contributed by atoms with Gasteiger partial charge in [0.05, 0.1) is 11.4 Å². The van der Waals surface area contributed by atoms with Gasteiger partial charge in [0.15, 0.2) is 5.65 Å². The van der Waals surface area contributed by atoms with Crippen molar-refractivity contribution in [1.82, 2.24) is 19.3 Å². The van der Waals surface area contributed by atoms with E-state index in [0.29, 0.717) is 27.6 Å². The van der Waals surface area contributed by atoms with Gasteiger partial charge in [-0.2, -0.15) is 0 Å². The maximum Gasteiger partial charge on any atom is 0.269 e. The molecule has 0 amide bonds. The lowest BCUT2D eigenvalue weighted by molar-refractivity contribution is 0.888. The van der Waals surface area contributed by atoms with Gasteiger partial charge >= 0.3 is 0 Å². The summed E-state index contributed by atoms with van der Waals surface area (Å²) in [5.74, 6) is 0.533. The molecule has 146 valence electrons. The average molecular weight is 413 g/mol. The minimum Gasteiger partial charge on any atom is -0.268 e. The molecule has 5 aromatic rings. The summed E-state index contributed by atoms with van der Waals surface area (Å²) in [7, 11) is 0. The van der Waals surface area contributed by atoms with E-state index in [1.54, 1.807) is 27.6 Å². The van der Waals surface area contributed by atoms with Gasteiger partial charge in [-0.1, -0.05) is 60.1 Å². The molecular formula is C24H17ClN4O. The lowest BCUT2D eigenvalue weighted by atomic mass is 10.1. The van der Waals surface area contributed by atoms with Crippen LogP contribution in [0.15, 0.2) is 89.9 Å². The Morgan fingerprint density at radius 3 is 2.37 bits per heavy atom. The molecule has 0 N–H and O–H groups in total. The molecule has 3 aromatic carbocycles. The molecule has 30 heavy (non-hydrogen) atoms. The van der Waals surface area contributed by atoms with Crippen molar-refractivity contribution in [2.24, 2.45) is 0 Å². The lowest BCUT2D eigenvalue weighted by Crippen LogP contribution is -2.21. The third-order valence-electron chi connectivity index (χ3n) is 5.02. The van der Waals surface area contributed by atoms with Crippen molar-refractivity contribution in [3.05, 3.63) is 106 Å². The zero-order chi connectivity index (χ0) is 20.7. The molecule has 0 spiro atoms. The Hall–Kier alpha value is -3.70. The van der Waals surface area contributed by atoms with Gasteiger partial charge in [0.2, 0.25) is 0 Å². The molecule has 0 aliphatic rings. The number of nitrogens with zero attached hydrogens (tertiary/aromatic N) is 4. The van der Waals surface area contributed by atoms with E-state index in [2.05, 4.69) is 5.10 Å². The Bertz CT molecular complexity index is 1440. The summed E-state index contributed by atoms with van der Waals surface area (Å²) in [4.78, 5) is 18.4. The van der Waals surface area contributed by atoms with E-state index in [1.165, 1.54) is 0 Å². The van der Waals surface area contributed by atoms with Crippen LogP contribution in [0.3, 0.4) is 0 Å². The second-order valence-electron chi connectivity index (χ2n) is 7.02. The molecule has 0 unspecified atom stereocenters. The first-order valence-corrected chi connectivity index (χ1v) is 9.89. The monoisotopic (exact) mass is 412 g/mol. The summed E-state index contributed by atoms with van der Waals surface area (Å²) in [5, 5.41) is 5.57. The summed E-state index contributed by atoms with van der Waals surface area (Å²) >= 11 is 6.23. The van der Waals surface area contributed by atoms with Gasteiger partial charge in [-0.05, 0) is 42.8 Å². The highest BCUT2D eigenvalue weighted by Gasteiger charge is 2.18. The smallest absolute Gasteiger partial charge is 0.268 e. The summed E-state index contributed by atoms with van der Waals surface area (Å²) in [6.07, 6.45) is 1.72. The van der Waals surface area contributed by atoms with E-state index in [-0.39, 0.29) is 5.56 Å². The van der Waals surface area contributed by atoms with Crippen molar-refractivity contribution in [3.8, 4) is 22.8 Å². The van der Waals surface area contributed by atoms with Gasteiger partial charge in [-0.3, -0.25) is 9.36 Å². The summed E-state index contributed by atoms with van der Waals surface area (Å²) in [6.45, 7) is 2.00. The molecule has 2 heterocycles. The van der Waals surface area contributed by atoms with Gasteiger partial charge in [-0.25, -0.2) is 9.67 Å². The van der Waals surface area contributed by atoms with Crippen LogP contribution in [0.2, 0.25) is 5.02 Å². The Balaban J connectivity index is 1.85. The summed E-state index contributed by atoms with van der Waals surface area (Å²) in [6, 6.07) is 24.7. The Morgan fingerprint density at radius 1 is 0.867 bits per heavy atom. The minimum absolute atomic E-state index is 0.192. The van der Waals surface area contributed by atoms with Crippen molar-refractivity contribution in [1.29, 1.82) is 0 Å². The Labute approximate surface area is 177 Å². The molecule has 2 aromatic heterocycles. The van der Waals surface area contributed by atoms with Crippen molar-refractivity contribution < 1.29 is 0 Å². The van der Waals surface area contributed by atoms with Crippen molar-refractivity contribution in [2.75, 3.05) is 0 Å². The Kier molecular flexibility index (Phi) is 4.45. The largest absolute Gasteiger partial charge is 0.269 e. The lowest BCUT2D eigenvalue weighted by Gasteiger charge is -2.14. The number of aromatic nitrogens is 4. The van der Waals surface area contributed by atoms with E-state index in [9.17, 15) is 4.79 Å². The van der Waals surface area contributed by atoms with Gasteiger partial charge in [0, 0.05) is 16.8 Å². The zero-order valence-electron chi connectivity index (χ0n) is 16.2. The van der Waals surface area contributed by atoms with Gasteiger partial charge < -0.3 is 0 Å². The number of rotatable bonds is 3. The summed E-state index contributed by atoms with van der Waals surface area (Å²) in [5.41, 5.74) is 3.62. The molecule has 0 aliphatic heterocycles. The van der Waals surface area contributed by atoms with Crippen LogP contribution in [0.1, 0.15) is 5.56 Å². The van der Waals surface area contributed by atoms with Crippen LogP contribution >= 0.6 is 11.6 Å². The molecule has 0 bridgehead atoms. The van der Waals surface area contributed by atoms with E-state index in [1.807, 2.05) is 73.7 Å². The molecule has 5 nitrogen and oxygen atoms in total. The molecule has 6 heteroatoms. The predicted octanol–water partition coefficient (Wildman–Crippen LogP) is 5.20. The van der Waals surface area contributed by atoms with Crippen LogP contribution < -0.4 is 5.56 Å². The predicted molar refractivity (Wildman–Crippen MR) is 120 cm³/mol. The topological polar surface area (TPSA) is 52.7 Å². The van der Waals surface area contributed by atoms with Gasteiger partial charge in [0.1, 0.15) is 11.2 Å². The molecule has 5 rings (SSSR count). The highest BCUT2D eigenvalue weighted by molar-refractivity contribution is 6.30. The number of hydrogen-bond donors (Lipinski definition) is 0. The number of hydrogen-bond acceptors (Lipinski definition) is 3. The SMILES string of the molecule is Cc1ccccc1-c1nc2nn(-c3ccccc3)cc2c(=O)n1-c1cccc(Cl)c1. The van der Waals surface area contributed by atoms with E-state index < -0.39 is 0 Å². The fraction of sp³-hybridized carbons (Fsp3) is 0.0417. The van der Waals surface area contributed by atoms with Crippen LogP contribution in [0, 0.1) is 6.92 Å². The average Bonchev–Trinajstić information content (AvgIpc) is 3.19. The Morgan fingerprint density at radius 2 is 1.60 bits per heavy atom. The molecule has 0 saturated heterocycles. The first-order valence-electron chi connectivity index (χ1n) is 9.51. The maximum absolute atomic E-state index is 13.6. The molecule has 0 fully saturated rings. The third-order valence-corrected chi connectivity index (χ3v) is 5.26. The quantitative estimate of drug-likeness (QED) is 0.409. The van der Waals surface area contributed by atoms with E-state index >= 15 is 0 Å². The van der Waals surface area contributed by atoms with Crippen LogP contribution in [-0.2, 0) is 0 Å². The standard InChI is InChI=1S/C24H17ClN4O/c1-16-8-5-6-13-20(16)23-26-22-21(15-28(27-22)18-10-3-2-4-11-18)24(30)29(23)19-12-7-9-17(25)14-19/h2-15H,1H3. The molecule has 0 radical (unpaired) electrons. The highest BCUT2D eigenvalue weighted by Crippen LogP contribution is 2.26. The maximum atomic E-state index is 13.6. The number of para-hydroxylation sites is 1. The highest BCUT2D eigenvalue weighted by atomic mass is 35.5. The van der Waals surface area contributed by atoms with Crippen molar-refractivity contribution >= 4 is 22.6 Å². The molecular weight excluding hydrogens is 396 g/mol. The zero-order valence-corrected chi connectivity index (χ0v) is 16.9. The molecule has 0 saturated carbocycles. The fourth-order valence-electron chi connectivity index (χ4n) is 3.54. The first-order chi connectivity index (χ1) is 14.6. The number of fused-ring (bicyclic) bond motifs is 1. The molecule has 0 aliphatic carbocycles. The van der Waals surface area contributed by atoms with Crippen LogP contribution in [0.4, 0.5) is 0 Å². The van der Waals surface area contributed by atoms with Crippen molar-refractivity contribution in [2.45, 2.75) is 6.92 Å². The van der Waals surface area contributed by atoms with E-state index in [0.717, 1.165) is 16.8 Å². The minimum atomic E-state index is -0.192. The normalized spacial score (nSPS) is 11.1. The third kappa shape index (κ3) is 3.09. The summed E-state index contributed by atoms with van der Waals surface area (Å²) < 4.78 is 3.29. The van der Waals surface area contributed by atoms with Crippen molar-refractivity contribution in [3.63, 3.8) is 0 Å². The number of aryl methyl sites for hydroxylation is 1. The number of halogens is 1.